The lowest BCUT2D eigenvalue weighted by Crippen LogP contribution is -2.68. The molecular weight excluding hydrogens is 446 g/mol. The zero-order valence-electron chi connectivity index (χ0n) is 18.3. The van der Waals surface area contributed by atoms with Gasteiger partial charge in [0.1, 0.15) is 17.1 Å². The van der Waals surface area contributed by atoms with Crippen molar-refractivity contribution in [2.24, 2.45) is 5.73 Å². The van der Waals surface area contributed by atoms with Crippen LogP contribution in [0, 0.1) is 0 Å². The first-order valence-electron chi connectivity index (χ1n) is 11.0. The Bertz CT molecular complexity index is 1210. The van der Waals surface area contributed by atoms with E-state index in [0.717, 1.165) is 22.3 Å². The van der Waals surface area contributed by atoms with Crippen molar-refractivity contribution in [1.82, 2.24) is 9.88 Å². The summed E-state index contributed by atoms with van der Waals surface area (Å²) in [4.78, 5) is 31.9. The minimum absolute atomic E-state index is 0.257. The van der Waals surface area contributed by atoms with E-state index in [2.05, 4.69) is 4.98 Å². The number of hydrogen-bond donors (Lipinski definition) is 1. The van der Waals surface area contributed by atoms with E-state index in [4.69, 9.17) is 10.5 Å². The van der Waals surface area contributed by atoms with Gasteiger partial charge in [-0.05, 0) is 28.3 Å². The molecule has 7 heteroatoms. The molecule has 170 valence electrons. The predicted molar refractivity (Wildman–Crippen MR) is 132 cm³/mol. The van der Waals surface area contributed by atoms with Crippen molar-refractivity contribution >= 4 is 29.7 Å². The monoisotopic (exact) mass is 469 g/mol. The molecule has 1 fully saturated rings. The van der Waals surface area contributed by atoms with Gasteiger partial charge in [0.2, 0.25) is 5.91 Å². The first-order valence-corrected chi connectivity index (χ1v) is 12.0. The number of benzene rings is 2. The van der Waals surface area contributed by atoms with E-state index in [0.29, 0.717) is 5.75 Å². The molecule has 34 heavy (non-hydrogen) atoms. The van der Waals surface area contributed by atoms with Gasteiger partial charge in [-0.25, -0.2) is 4.79 Å². The number of nitrogens with two attached hydrogens (primary N) is 1. The Morgan fingerprint density at radius 3 is 2.32 bits per heavy atom. The van der Waals surface area contributed by atoms with Gasteiger partial charge in [0.25, 0.3) is 0 Å². The molecule has 0 bridgehead atoms. The van der Waals surface area contributed by atoms with E-state index in [1.54, 1.807) is 24.2 Å². The Labute approximate surface area is 202 Å². The van der Waals surface area contributed by atoms with E-state index >= 15 is 0 Å². The zero-order chi connectivity index (χ0) is 23.5. The molecule has 0 spiro atoms. The minimum atomic E-state index is -0.615. The zero-order valence-corrected chi connectivity index (χ0v) is 19.1. The van der Waals surface area contributed by atoms with Gasteiger partial charge in [-0.2, -0.15) is 0 Å². The second-order valence-electron chi connectivity index (χ2n) is 8.04. The number of thioether (sulfide) groups is 1. The van der Waals surface area contributed by atoms with Gasteiger partial charge in [-0.1, -0.05) is 78.9 Å². The van der Waals surface area contributed by atoms with E-state index in [9.17, 15) is 9.59 Å². The summed E-state index contributed by atoms with van der Waals surface area (Å²) in [5, 5.41) is -0.266. The van der Waals surface area contributed by atoms with Gasteiger partial charge < -0.3 is 10.5 Å². The smallest absolute Gasteiger partial charge is 0.356 e. The highest BCUT2D eigenvalue weighted by molar-refractivity contribution is 8.00. The Hall–Kier alpha value is -3.68. The number of hydrogen-bond acceptors (Lipinski definition) is 6. The van der Waals surface area contributed by atoms with Crippen LogP contribution in [0.4, 0.5) is 0 Å². The van der Waals surface area contributed by atoms with Crippen LogP contribution in [0.1, 0.15) is 22.8 Å². The minimum Gasteiger partial charge on any atom is -0.448 e. The number of aromatic nitrogens is 1. The van der Waals surface area contributed by atoms with Crippen molar-refractivity contribution in [3.8, 4) is 0 Å². The molecule has 0 saturated carbocycles. The van der Waals surface area contributed by atoms with Gasteiger partial charge >= 0.3 is 5.97 Å². The van der Waals surface area contributed by atoms with Gasteiger partial charge in [-0.15, -0.1) is 11.8 Å². The van der Waals surface area contributed by atoms with Crippen LogP contribution in [0.2, 0.25) is 0 Å². The molecule has 2 aromatic carbocycles. The number of fused-ring (bicyclic) bond motifs is 1. The predicted octanol–water partition coefficient (Wildman–Crippen LogP) is 3.92. The molecular formula is C27H23N3O3S. The van der Waals surface area contributed by atoms with E-state index in [1.165, 1.54) is 4.90 Å². The first kappa shape index (κ1) is 22.1. The van der Waals surface area contributed by atoms with Crippen LogP contribution < -0.4 is 5.73 Å². The highest BCUT2D eigenvalue weighted by atomic mass is 32.2. The molecule has 1 unspecified atom stereocenters. The fraction of sp³-hybridized carbons (Fsp3) is 0.148. The summed E-state index contributed by atoms with van der Waals surface area (Å²) in [5.74, 6) is -0.272. The number of ether oxygens (including phenoxy) is 1. The summed E-state index contributed by atoms with van der Waals surface area (Å²) >= 11 is 1.55. The molecule has 2 atom stereocenters. The number of allylic oxidation sites excluding steroid dienone is 1. The van der Waals surface area contributed by atoms with Crippen molar-refractivity contribution in [3.05, 3.63) is 119 Å². The lowest BCUT2D eigenvalue weighted by molar-refractivity contribution is -0.153. The molecule has 2 N–H and O–H groups in total. The third-order valence-electron chi connectivity index (χ3n) is 5.82. The van der Waals surface area contributed by atoms with Gasteiger partial charge in [0.05, 0.1) is 0 Å². The Kier molecular flexibility index (Phi) is 6.29. The number of rotatable bonds is 6. The second kappa shape index (κ2) is 9.67. The maximum atomic E-state index is 13.6. The third-order valence-corrected chi connectivity index (χ3v) is 7.15. The van der Waals surface area contributed by atoms with Crippen molar-refractivity contribution in [2.45, 2.75) is 17.5 Å². The Balaban J connectivity index is 1.51. The number of nitrogens with zero attached hydrogens (tertiary/aromatic N) is 2. The van der Waals surface area contributed by atoms with Crippen molar-refractivity contribution < 1.29 is 14.3 Å². The van der Waals surface area contributed by atoms with Gasteiger partial charge in [0, 0.05) is 18.1 Å². The summed E-state index contributed by atoms with van der Waals surface area (Å²) in [6.45, 7) is 0. The molecule has 1 aromatic heterocycles. The summed E-state index contributed by atoms with van der Waals surface area (Å²) in [5.41, 5.74) is 9.59. The number of β-lactam (4-membered cyclic amide) rings is 1. The van der Waals surface area contributed by atoms with Crippen LogP contribution in [-0.2, 0) is 14.3 Å². The van der Waals surface area contributed by atoms with E-state index < -0.39 is 18.1 Å². The fourth-order valence-corrected chi connectivity index (χ4v) is 5.34. The molecule has 0 radical (unpaired) electrons. The third kappa shape index (κ3) is 4.27. The summed E-state index contributed by atoms with van der Waals surface area (Å²) < 4.78 is 6.09. The quantitative estimate of drug-likeness (QED) is 0.435. The number of esters is 1. The SMILES string of the molecule is NC1C(=O)N2C(C(=O)OC(c3ccccc3)c3ccccc3)=C(C=Cc3cccnc3)CS[C@@H]12. The number of pyridine rings is 1. The average molecular weight is 470 g/mol. The molecule has 3 aromatic rings. The van der Waals surface area contributed by atoms with Crippen LogP contribution >= 0.6 is 11.8 Å². The van der Waals surface area contributed by atoms with Crippen LogP contribution in [0.5, 0.6) is 0 Å². The highest BCUT2D eigenvalue weighted by Gasteiger charge is 2.52. The topological polar surface area (TPSA) is 85.5 Å². The van der Waals surface area contributed by atoms with Gasteiger partial charge in [0.15, 0.2) is 6.10 Å². The average Bonchev–Trinajstić information content (AvgIpc) is 2.91. The Morgan fingerprint density at radius 1 is 1.03 bits per heavy atom. The normalized spacial score (nSPS) is 19.8. The maximum absolute atomic E-state index is 13.6. The largest absolute Gasteiger partial charge is 0.448 e. The van der Waals surface area contributed by atoms with Crippen molar-refractivity contribution in [2.75, 3.05) is 5.75 Å². The second-order valence-corrected chi connectivity index (χ2v) is 9.14. The lowest BCUT2D eigenvalue weighted by Gasteiger charge is -2.48. The van der Waals surface area contributed by atoms with Crippen molar-refractivity contribution in [3.63, 3.8) is 0 Å². The molecule has 2 aliphatic heterocycles. The fourth-order valence-electron chi connectivity index (χ4n) is 4.08. The summed E-state index contributed by atoms with van der Waals surface area (Å²) in [6, 6.07) is 22.3. The number of carbonyl (C=O) groups excluding carboxylic acids is 2. The molecule has 1 saturated heterocycles. The number of carbonyl (C=O) groups is 2. The van der Waals surface area contributed by atoms with Gasteiger partial charge in [-0.3, -0.25) is 14.7 Å². The van der Waals surface area contributed by atoms with Crippen LogP contribution in [-0.4, -0.2) is 38.9 Å². The van der Waals surface area contributed by atoms with E-state index in [-0.39, 0.29) is 17.0 Å². The van der Waals surface area contributed by atoms with Crippen LogP contribution in [0.3, 0.4) is 0 Å². The van der Waals surface area contributed by atoms with Crippen LogP contribution in [0.25, 0.3) is 6.08 Å². The molecule has 5 rings (SSSR count). The Morgan fingerprint density at radius 2 is 1.71 bits per heavy atom. The summed E-state index contributed by atoms with van der Waals surface area (Å²) in [7, 11) is 0. The number of amides is 1. The standard InChI is InChI=1S/C27H23N3O3S/c28-22-25(31)30-23(21(17-34-26(22)30)14-13-18-8-7-15-29-16-18)27(32)33-24(19-9-3-1-4-10-19)20-11-5-2-6-12-20/h1-16,22,24,26H,17,28H2/t22?,26-/m0/s1. The molecule has 6 nitrogen and oxygen atoms in total. The molecule has 0 aliphatic carbocycles. The van der Waals surface area contributed by atoms with E-state index in [1.807, 2.05) is 84.9 Å². The molecule has 3 heterocycles. The first-order chi connectivity index (χ1) is 16.6. The lowest BCUT2D eigenvalue weighted by atomic mass is 10.0. The van der Waals surface area contributed by atoms with Crippen LogP contribution in [0.15, 0.2) is 103 Å². The summed E-state index contributed by atoms with van der Waals surface area (Å²) in [6.07, 6.45) is 6.57. The maximum Gasteiger partial charge on any atom is 0.356 e. The molecule has 1 amide bonds. The molecule has 2 aliphatic rings. The highest BCUT2D eigenvalue weighted by Crippen LogP contribution is 2.41. The van der Waals surface area contributed by atoms with Crippen molar-refractivity contribution in [1.29, 1.82) is 0 Å².